The normalized spacial score (nSPS) is 27.1. The summed E-state index contributed by atoms with van der Waals surface area (Å²) in [5.41, 5.74) is 8.16. The second-order valence-corrected chi connectivity index (χ2v) is 7.52. The van der Waals surface area contributed by atoms with Crippen molar-refractivity contribution in [2.75, 3.05) is 17.2 Å². The maximum absolute atomic E-state index is 11.4. The Morgan fingerprint density at radius 3 is 2.88 bits per heavy atom. The lowest BCUT2D eigenvalue weighted by Crippen LogP contribution is -2.15. The summed E-state index contributed by atoms with van der Waals surface area (Å²) in [6.45, 7) is 0. The summed E-state index contributed by atoms with van der Waals surface area (Å²) in [6, 6.07) is -0.0550. The standard InChI is InChI=1S/C9H13N3O2S2/c10-9-7-3-15-4-8(7)11-12(9)6-1-2-16(13,14)5-6/h6H,1-5,10H2. The van der Waals surface area contributed by atoms with Gasteiger partial charge in [-0.25, -0.2) is 13.1 Å². The van der Waals surface area contributed by atoms with Gasteiger partial charge in [-0.05, 0) is 6.42 Å². The molecule has 1 atom stereocenters. The molecule has 3 rings (SSSR count). The molecular weight excluding hydrogens is 246 g/mol. The van der Waals surface area contributed by atoms with E-state index in [4.69, 9.17) is 5.73 Å². The SMILES string of the molecule is Nc1c2c(nn1C1CCS(=O)(=O)C1)CSC2. The van der Waals surface area contributed by atoms with Crippen LogP contribution in [0, 0.1) is 0 Å². The van der Waals surface area contributed by atoms with Gasteiger partial charge in [-0.15, -0.1) is 0 Å². The molecule has 2 aliphatic rings. The fourth-order valence-electron chi connectivity index (χ4n) is 2.30. The first-order chi connectivity index (χ1) is 7.57. The summed E-state index contributed by atoms with van der Waals surface area (Å²) in [5.74, 6) is 2.91. The highest BCUT2D eigenvalue weighted by Crippen LogP contribution is 2.36. The number of sulfone groups is 1. The summed E-state index contributed by atoms with van der Waals surface area (Å²) in [7, 11) is -2.87. The van der Waals surface area contributed by atoms with Crippen LogP contribution in [0.25, 0.3) is 0 Å². The molecule has 16 heavy (non-hydrogen) atoms. The lowest BCUT2D eigenvalue weighted by molar-refractivity contribution is 0.503. The number of hydrogen-bond donors (Lipinski definition) is 1. The van der Waals surface area contributed by atoms with Crippen molar-refractivity contribution in [3.8, 4) is 0 Å². The highest BCUT2D eigenvalue weighted by atomic mass is 32.2. The van der Waals surface area contributed by atoms with Crippen LogP contribution >= 0.6 is 11.8 Å². The molecule has 1 aromatic rings. The van der Waals surface area contributed by atoms with Gasteiger partial charge in [0.15, 0.2) is 9.84 Å². The third-order valence-corrected chi connectivity index (χ3v) is 5.89. The fraction of sp³-hybridized carbons (Fsp3) is 0.667. The van der Waals surface area contributed by atoms with E-state index in [1.54, 1.807) is 16.4 Å². The first-order valence-electron chi connectivity index (χ1n) is 5.21. The zero-order valence-corrected chi connectivity index (χ0v) is 10.4. The minimum atomic E-state index is -2.87. The van der Waals surface area contributed by atoms with Crippen molar-refractivity contribution >= 4 is 27.4 Å². The number of hydrogen-bond acceptors (Lipinski definition) is 5. The van der Waals surface area contributed by atoms with Gasteiger partial charge in [-0.3, -0.25) is 0 Å². The molecule has 0 radical (unpaired) electrons. The molecule has 0 amide bonds. The van der Waals surface area contributed by atoms with Gasteiger partial charge in [-0.1, -0.05) is 0 Å². The van der Waals surface area contributed by atoms with E-state index in [0.717, 1.165) is 22.8 Å². The molecule has 88 valence electrons. The maximum Gasteiger partial charge on any atom is 0.152 e. The third kappa shape index (κ3) is 1.53. The Labute approximate surface area is 98.3 Å². The van der Waals surface area contributed by atoms with Crippen LogP contribution in [0.5, 0.6) is 0 Å². The molecule has 0 aromatic carbocycles. The Hall–Kier alpha value is -0.690. The summed E-state index contributed by atoms with van der Waals surface area (Å²) in [6.07, 6.45) is 0.639. The summed E-state index contributed by atoms with van der Waals surface area (Å²) in [5, 5.41) is 4.44. The quantitative estimate of drug-likeness (QED) is 0.798. The van der Waals surface area contributed by atoms with Gasteiger partial charge in [-0.2, -0.15) is 16.9 Å². The largest absolute Gasteiger partial charge is 0.384 e. The summed E-state index contributed by atoms with van der Waals surface area (Å²) in [4.78, 5) is 0. The van der Waals surface area contributed by atoms with Gasteiger partial charge in [0.05, 0.1) is 23.2 Å². The first kappa shape index (κ1) is 10.5. The molecule has 0 saturated carbocycles. The van der Waals surface area contributed by atoms with Crippen molar-refractivity contribution in [1.82, 2.24) is 9.78 Å². The third-order valence-electron chi connectivity index (χ3n) is 3.17. The van der Waals surface area contributed by atoms with E-state index in [-0.39, 0.29) is 17.5 Å². The van der Waals surface area contributed by atoms with Gasteiger partial charge >= 0.3 is 0 Å². The van der Waals surface area contributed by atoms with Crippen molar-refractivity contribution in [1.29, 1.82) is 0 Å². The highest BCUT2D eigenvalue weighted by molar-refractivity contribution is 7.98. The maximum atomic E-state index is 11.4. The van der Waals surface area contributed by atoms with E-state index in [9.17, 15) is 8.42 Å². The second-order valence-electron chi connectivity index (χ2n) is 4.30. The molecule has 1 saturated heterocycles. The highest BCUT2D eigenvalue weighted by Gasteiger charge is 2.33. The minimum absolute atomic E-state index is 0.0550. The molecule has 5 nitrogen and oxygen atoms in total. The molecule has 0 spiro atoms. The van der Waals surface area contributed by atoms with Crippen molar-refractivity contribution in [2.24, 2.45) is 0 Å². The molecule has 3 heterocycles. The Bertz CT molecular complexity index is 535. The van der Waals surface area contributed by atoms with Gasteiger partial charge in [0.25, 0.3) is 0 Å². The van der Waals surface area contributed by atoms with E-state index in [1.165, 1.54) is 0 Å². The van der Waals surface area contributed by atoms with Crippen LogP contribution in [0.2, 0.25) is 0 Å². The van der Waals surface area contributed by atoms with E-state index in [1.807, 2.05) is 0 Å². The molecule has 1 unspecified atom stereocenters. The van der Waals surface area contributed by atoms with Crippen LogP contribution in [0.1, 0.15) is 23.7 Å². The molecule has 0 bridgehead atoms. The number of anilines is 1. The zero-order valence-electron chi connectivity index (χ0n) is 8.72. The van der Waals surface area contributed by atoms with Gasteiger partial charge in [0.1, 0.15) is 5.82 Å². The fourth-order valence-corrected chi connectivity index (χ4v) is 5.04. The lowest BCUT2D eigenvalue weighted by Gasteiger charge is -2.11. The predicted molar refractivity (Wildman–Crippen MR) is 63.9 cm³/mol. The Kier molecular flexibility index (Phi) is 2.22. The Balaban J connectivity index is 1.97. The smallest absolute Gasteiger partial charge is 0.152 e. The first-order valence-corrected chi connectivity index (χ1v) is 8.18. The number of nitrogens with two attached hydrogens (primary N) is 1. The molecule has 1 fully saturated rings. The zero-order chi connectivity index (χ0) is 11.3. The number of thioether (sulfide) groups is 1. The topological polar surface area (TPSA) is 78.0 Å². The average molecular weight is 259 g/mol. The van der Waals surface area contributed by atoms with Crippen molar-refractivity contribution in [3.63, 3.8) is 0 Å². The van der Waals surface area contributed by atoms with Crippen molar-refractivity contribution in [3.05, 3.63) is 11.3 Å². The number of fused-ring (bicyclic) bond motifs is 1. The molecule has 7 heteroatoms. The monoisotopic (exact) mass is 259 g/mol. The number of aromatic nitrogens is 2. The van der Waals surface area contributed by atoms with Crippen LogP contribution in [-0.2, 0) is 21.3 Å². The number of rotatable bonds is 1. The van der Waals surface area contributed by atoms with E-state index in [0.29, 0.717) is 12.2 Å². The number of nitrogens with zero attached hydrogens (tertiary/aromatic N) is 2. The molecule has 1 aromatic heterocycles. The van der Waals surface area contributed by atoms with Crippen LogP contribution < -0.4 is 5.73 Å². The molecular formula is C9H13N3O2S2. The average Bonchev–Trinajstić information content (AvgIpc) is 2.84. The van der Waals surface area contributed by atoms with Gasteiger partial charge in [0, 0.05) is 17.1 Å². The van der Waals surface area contributed by atoms with Crippen LogP contribution in [-0.4, -0.2) is 29.7 Å². The minimum Gasteiger partial charge on any atom is -0.384 e. The van der Waals surface area contributed by atoms with Gasteiger partial charge in [0.2, 0.25) is 0 Å². The van der Waals surface area contributed by atoms with Crippen LogP contribution in [0.4, 0.5) is 5.82 Å². The Morgan fingerprint density at radius 1 is 1.44 bits per heavy atom. The van der Waals surface area contributed by atoms with E-state index >= 15 is 0 Å². The van der Waals surface area contributed by atoms with Crippen molar-refractivity contribution < 1.29 is 8.42 Å². The lowest BCUT2D eigenvalue weighted by atomic mass is 10.2. The van der Waals surface area contributed by atoms with E-state index in [2.05, 4.69) is 5.10 Å². The predicted octanol–water partition coefficient (Wildman–Crippen LogP) is 0.572. The van der Waals surface area contributed by atoms with E-state index < -0.39 is 9.84 Å². The second kappa shape index (κ2) is 3.40. The molecule has 2 aliphatic heterocycles. The van der Waals surface area contributed by atoms with Crippen LogP contribution in [0.3, 0.4) is 0 Å². The van der Waals surface area contributed by atoms with Crippen molar-refractivity contribution in [2.45, 2.75) is 24.0 Å². The summed E-state index contributed by atoms with van der Waals surface area (Å²) < 4.78 is 24.6. The van der Waals surface area contributed by atoms with Gasteiger partial charge < -0.3 is 5.73 Å². The Morgan fingerprint density at radius 2 is 2.25 bits per heavy atom. The number of nitrogen functional groups attached to an aromatic ring is 1. The van der Waals surface area contributed by atoms with Crippen LogP contribution in [0.15, 0.2) is 0 Å². The summed E-state index contributed by atoms with van der Waals surface area (Å²) >= 11 is 1.80. The molecule has 0 aliphatic carbocycles. The molecule has 2 N–H and O–H groups in total.